The second-order valence-electron chi connectivity index (χ2n) is 24.1. The third-order valence-corrected chi connectivity index (χ3v) is 14.0. The Balaban J connectivity index is 0.000000475. The highest BCUT2D eigenvalue weighted by molar-refractivity contribution is 5.86. The van der Waals surface area contributed by atoms with Crippen molar-refractivity contribution < 1.29 is 95.3 Å². The molecule has 5 rings (SSSR count). The van der Waals surface area contributed by atoms with Crippen LogP contribution < -0.4 is 0 Å². The molecule has 436 valence electrons. The third kappa shape index (κ3) is 21.3. The summed E-state index contributed by atoms with van der Waals surface area (Å²) in [7, 11) is 0. The predicted octanol–water partition coefficient (Wildman–Crippen LogP) is 8.60. The molecule has 0 spiro atoms. The highest BCUT2D eigenvalue weighted by atomic mass is 16.6. The highest BCUT2D eigenvalue weighted by Crippen LogP contribution is 2.35. The van der Waals surface area contributed by atoms with Gasteiger partial charge in [0, 0.05) is 31.1 Å². The van der Waals surface area contributed by atoms with E-state index in [1.54, 1.807) is 55.4 Å². The standard InChI is InChI=1S/2C12H20O4.2C11H18O4.C10H16O4/c1-6-11(2,3)10(14)16-8-9(13)15-7-12(8,4)5;1-6-11(2,3)10(14)15-8-7-12(4,5)16-9(8)13;1-5-11(3,4)10(13)15-8-6-7(2)14-9(8)12;1-5-7(2)9(12)14-8-6-11(3,4)15-10(8)13;1-4-6(2)9(11)14-8-5-7(3)13-10(8)12/h2*8H,6-7H2,1-5H3;2*7-8H,5-6H2,1-4H3;6-8H,4-5H2,1-3H3. The molecule has 20 heteroatoms. The van der Waals surface area contributed by atoms with Crippen molar-refractivity contribution in [1.82, 2.24) is 0 Å². The van der Waals surface area contributed by atoms with Gasteiger partial charge in [0.2, 0.25) is 30.5 Å². The zero-order valence-corrected chi connectivity index (χ0v) is 49.4. The Morgan fingerprint density at radius 2 is 0.816 bits per heavy atom. The molecule has 0 radical (unpaired) electrons. The zero-order chi connectivity index (χ0) is 59.1. The lowest BCUT2D eigenvalue weighted by molar-refractivity contribution is -0.170. The number of rotatable bonds is 15. The Hall–Kier alpha value is -5.30. The van der Waals surface area contributed by atoms with Crippen molar-refractivity contribution in [2.24, 2.45) is 33.5 Å². The summed E-state index contributed by atoms with van der Waals surface area (Å²) >= 11 is 0. The van der Waals surface area contributed by atoms with Crippen LogP contribution in [0.4, 0.5) is 0 Å². The van der Waals surface area contributed by atoms with Crippen LogP contribution in [-0.2, 0) is 95.3 Å². The summed E-state index contributed by atoms with van der Waals surface area (Å²) in [5.41, 5.74) is -3.12. The average molecular weight is 1090 g/mol. The van der Waals surface area contributed by atoms with E-state index in [0.717, 1.165) is 6.42 Å². The van der Waals surface area contributed by atoms with Gasteiger partial charge >= 0.3 is 59.7 Å². The number of cyclic esters (lactones) is 5. The van der Waals surface area contributed by atoms with Crippen LogP contribution in [0.25, 0.3) is 0 Å². The minimum atomic E-state index is -0.772. The zero-order valence-electron chi connectivity index (χ0n) is 49.4. The van der Waals surface area contributed by atoms with E-state index < -0.39 is 93.2 Å². The van der Waals surface area contributed by atoms with E-state index in [1.807, 2.05) is 90.0 Å². The van der Waals surface area contributed by atoms with Gasteiger partial charge in [0.15, 0.2) is 0 Å². The number of hydrogen-bond acceptors (Lipinski definition) is 20. The maximum Gasteiger partial charge on any atom is 0.348 e. The van der Waals surface area contributed by atoms with Gasteiger partial charge in [-0.3, -0.25) is 24.0 Å². The molecule has 0 aromatic carbocycles. The van der Waals surface area contributed by atoms with E-state index in [1.165, 1.54) is 0 Å². The fourth-order valence-electron chi connectivity index (χ4n) is 6.69. The summed E-state index contributed by atoms with van der Waals surface area (Å²) in [6.45, 7) is 38.8. The van der Waals surface area contributed by atoms with Crippen LogP contribution in [0.1, 0.15) is 203 Å². The lowest BCUT2D eigenvalue weighted by atomic mass is 9.88. The van der Waals surface area contributed by atoms with Gasteiger partial charge in [-0.05, 0) is 115 Å². The van der Waals surface area contributed by atoms with Crippen molar-refractivity contribution in [3.63, 3.8) is 0 Å². The summed E-state index contributed by atoms with van der Waals surface area (Å²) in [6, 6.07) is 0. The molecule has 5 saturated heterocycles. The Bertz CT molecular complexity index is 2040. The first kappa shape index (κ1) is 68.7. The van der Waals surface area contributed by atoms with Gasteiger partial charge in [0.05, 0.1) is 28.1 Å². The second-order valence-corrected chi connectivity index (χ2v) is 24.1. The van der Waals surface area contributed by atoms with Crippen molar-refractivity contribution in [3.05, 3.63) is 0 Å². The predicted molar refractivity (Wildman–Crippen MR) is 275 cm³/mol. The van der Waals surface area contributed by atoms with E-state index in [0.29, 0.717) is 58.0 Å². The molecule has 9 unspecified atom stereocenters. The molecule has 0 bridgehead atoms. The highest BCUT2D eigenvalue weighted by Gasteiger charge is 2.49. The Kier molecular flexibility index (Phi) is 25.6. The smallest absolute Gasteiger partial charge is 0.348 e. The summed E-state index contributed by atoms with van der Waals surface area (Å²) < 4.78 is 50.6. The largest absolute Gasteiger partial charge is 0.462 e. The maximum absolute atomic E-state index is 11.9. The van der Waals surface area contributed by atoms with Crippen LogP contribution >= 0.6 is 0 Å². The first-order valence-electron chi connectivity index (χ1n) is 26.7. The molecule has 0 saturated carbocycles. The number of esters is 10. The third-order valence-electron chi connectivity index (χ3n) is 14.0. The number of carbonyl (C=O) groups excluding carboxylic acids is 10. The Morgan fingerprint density at radius 1 is 0.500 bits per heavy atom. The Morgan fingerprint density at radius 3 is 1.09 bits per heavy atom. The van der Waals surface area contributed by atoms with E-state index in [9.17, 15) is 47.9 Å². The van der Waals surface area contributed by atoms with Crippen molar-refractivity contribution in [2.75, 3.05) is 6.61 Å². The van der Waals surface area contributed by atoms with Crippen LogP contribution in [0.5, 0.6) is 0 Å². The van der Waals surface area contributed by atoms with E-state index >= 15 is 0 Å². The normalized spacial score (nSPS) is 25.6. The number of hydrogen-bond donors (Lipinski definition) is 0. The van der Waals surface area contributed by atoms with Crippen molar-refractivity contribution in [3.8, 4) is 0 Å². The topological polar surface area (TPSA) is 263 Å². The molecule has 5 heterocycles. The van der Waals surface area contributed by atoms with Gasteiger partial charge in [0.1, 0.15) is 30.0 Å². The molecule has 9 atom stereocenters. The first-order valence-corrected chi connectivity index (χ1v) is 26.7. The lowest BCUT2D eigenvalue weighted by Gasteiger charge is -2.27. The molecule has 5 aliphatic rings. The van der Waals surface area contributed by atoms with Gasteiger partial charge in [-0.25, -0.2) is 24.0 Å². The summed E-state index contributed by atoms with van der Waals surface area (Å²) in [4.78, 5) is 115. The van der Waals surface area contributed by atoms with Gasteiger partial charge in [-0.15, -0.1) is 0 Å². The average Bonchev–Trinajstić information content (AvgIpc) is 4.06. The minimum absolute atomic E-state index is 0.141. The molecule has 0 amide bonds. The maximum atomic E-state index is 11.9. The summed E-state index contributed by atoms with van der Waals surface area (Å²) in [5.74, 6) is -4.13. The molecule has 76 heavy (non-hydrogen) atoms. The number of carbonyl (C=O) groups is 10. The van der Waals surface area contributed by atoms with Gasteiger partial charge in [-0.1, -0.05) is 62.3 Å². The van der Waals surface area contributed by atoms with Crippen LogP contribution in [0.3, 0.4) is 0 Å². The van der Waals surface area contributed by atoms with E-state index in [2.05, 4.69) is 0 Å². The summed E-state index contributed by atoms with van der Waals surface area (Å²) in [5, 5.41) is 0. The van der Waals surface area contributed by atoms with Crippen molar-refractivity contribution >= 4 is 59.7 Å². The van der Waals surface area contributed by atoms with Crippen LogP contribution in [0.2, 0.25) is 0 Å². The number of ether oxygens (including phenoxy) is 10. The molecule has 5 aliphatic heterocycles. The molecule has 0 aromatic heterocycles. The molecule has 0 N–H and O–H groups in total. The van der Waals surface area contributed by atoms with E-state index in [-0.39, 0.29) is 53.9 Å². The SMILES string of the molecule is CCC(C)(C)C(=O)OC1C(=O)OCC1(C)C.CCC(C)(C)C(=O)OC1CC(C)(C)OC1=O.CCC(C)(C)C(=O)OC1CC(C)OC1=O.CCC(C)C(=O)OC1CC(C)(C)OC1=O.CCC(C)C(=O)OC1CC(C)OC1=O. The molecule has 0 aromatic rings. The fourth-order valence-corrected chi connectivity index (χ4v) is 6.69. The molecule has 20 nitrogen and oxygen atoms in total. The Labute approximate surface area is 451 Å². The van der Waals surface area contributed by atoms with E-state index in [4.69, 9.17) is 47.4 Å². The molecular weight excluding hydrogens is 993 g/mol. The van der Waals surface area contributed by atoms with Crippen LogP contribution in [0.15, 0.2) is 0 Å². The molecular formula is C56H92O20. The van der Waals surface area contributed by atoms with Crippen molar-refractivity contribution in [1.29, 1.82) is 0 Å². The lowest BCUT2D eigenvalue weighted by Crippen LogP contribution is -2.39. The first-order chi connectivity index (χ1) is 34.6. The second kappa shape index (κ2) is 28.4. The fraction of sp³-hybridized carbons (Fsp3) is 0.821. The van der Waals surface area contributed by atoms with Crippen LogP contribution in [0, 0.1) is 33.5 Å². The quantitative estimate of drug-likeness (QED) is 0.110. The van der Waals surface area contributed by atoms with Crippen molar-refractivity contribution in [2.45, 2.75) is 257 Å². The minimum Gasteiger partial charge on any atom is -0.462 e. The van der Waals surface area contributed by atoms with Crippen LogP contribution in [-0.4, -0.2) is 120 Å². The van der Waals surface area contributed by atoms with Gasteiger partial charge in [-0.2, -0.15) is 0 Å². The molecule has 0 aliphatic carbocycles. The van der Waals surface area contributed by atoms with Gasteiger partial charge in [0.25, 0.3) is 0 Å². The summed E-state index contributed by atoms with van der Waals surface area (Å²) in [6.07, 6.45) is 1.34. The monoisotopic (exact) mass is 1080 g/mol. The van der Waals surface area contributed by atoms with Gasteiger partial charge < -0.3 is 47.4 Å². The molecule has 5 fully saturated rings.